The molecule has 0 spiro atoms. The van der Waals surface area contributed by atoms with E-state index in [2.05, 4.69) is 16.5 Å². The van der Waals surface area contributed by atoms with Gasteiger partial charge in [-0.05, 0) is 62.6 Å². The standard InChI is InChI=1S/C32H36F4N6O3/c1-4-27(43)40-17-23(18-40)39-10-6-7-20(14-39)15-41-16-21-12-28(44)42(26-13-22(32(34,35)36)11-19(2)37-26)29(21)31(45)38(3)25-9-5-8-24(33)30(25)41/h4-5,8-9,11,13,20-21,23,29H,1,6-7,10,12,14-18H2,2-3H3/t20-,21-,29+/m1/s1. The number of fused-ring (bicyclic) bond motifs is 2. The molecule has 45 heavy (non-hydrogen) atoms. The lowest BCUT2D eigenvalue weighted by Gasteiger charge is -2.48. The lowest BCUT2D eigenvalue weighted by molar-refractivity contribution is -0.137. The van der Waals surface area contributed by atoms with Gasteiger partial charge >= 0.3 is 6.18 Å². The summed E-state index contributed by atoms with van der Waals surface area (Å²) < 4.78 is 56.7. The Balaban J connectivity index is 1.30. The molecule has 3 atom stereocenters. The first-order chi connectivity index (χ1) is 21.3. The normalized spacial score (nSPS) is 24.6. The van der Waals surface area contributed by atoms with Crippen molar-refractivity contribution in [2.45, 2.75) is 44.4 Å². The quantitative estimate of drug-likeness (QED) is 0.370. The number of hydrogen-bond donors (Lipinski definition) is 0. The Morgan fingerprint density at radius 3 is 2.60 bits per heavy atom. The van der Waals surface area contributed by atoms with Crippen LogP contribution in [0.2, 0.25) is 0 Å². The Morgan fingerprint density at radius 1 is 1.13 bits per heavy atom. The highest BCUT2D eigenvalue weighted by molar-refractivity contribution is 6.10. The molecule has 3 amide bonds. The minimum Gasteiger partial charge on any atom is -0.367 e. The van der Waals surface area contributed by atoms with E-state index in [1.165, 1.54) is 37.1 Å². The number of likely N-dealkylation sites (tertiary alicyclic amines) is 2. The first kappa shape index (κ1) is 31.0. The molecule has 5 heterocycles. The minimum atomic E-state index is -4.66. The van der Waals surface area contributed by atoms with Crippen LogP contribution in [-0.2, 0) is 20.6 Å². The van der Waals surface area contributed by atoms with Crippen LogP contribution in [-0.4, -0.2) is 90.9 Å². The third kappa shape index (κ3) is 5.78. The number of carbonyl (C=O) groups is 3. The number of aromatic nitrogens is 1. The highest BCUT2D eigenvalue weighted by Crippen LogP contribution is 2.42. The molecule has 4 aliphatic heterocycles. The van der Waals surface area contributed by atoms with Crippen LogP contribution in [0.3, 0.4) is 0 Å². The molecular weight excluding hydrogens is 592 g/mol. The summed E-state index contributed by atoms with van der Waals surface area (Å²) in [6.07, 6.45) is -1.59. The maximum absolute atomic E-state index is 15.6. The molecule has 0 unspecified atom stereocenters. The average Bonchev–Trinajstić information content (AvgIpc) is 3.29. The largest absolute Gasteiger partial charge is 0.416 e. The molecule has 2 aromatic rings. The number of halogens is 4. The predicted octanol–water partition coefficient (Wildman–Crippen LogP) is 3.86. The Bertz CT molecular complexity index is 1530. The molecule has 6 rings (SSSR count). The van der Waals surface area contributed by atoms with E-state index in [9.17, 15) is 27.6 Å². The maximum Gasteiger partial charge on any atom is 0.416 e. The minimum absolute atomic E-state index is 0.0714. The van der Waals surface area contributed by atoms with Gasteiger partial charge in [0.05, 0.1) is 16.9 Å². The fourth-order valence-corrected chi connectivity index (χ4v) is 7.31. The molecule has 3 fully saturated rings. The molecule has 0 radical (unpaired) electrons. The summed E-state index contributed by atoms with van der Waals surface area (Å²) >= 11 is 0. The lowest BCUT2D eigenvalue weighted by Crippen LogP contribution is -2.62. The van der Waals surface area contributed by atoms with E-state index >= 15 is 4.39 Å². The van der Waals surface area contributed by atoms with Crippen LogP contribution in [0.25, 0.3) is 0 Å². The Morgan fingerprint density at radius 2 is 1.89 bits per heavy atom. The summed E-state index contributed by atoms with van der Waals surface area (Å²) in [7, 11) is 1.50. The molecule has 13 heteroatoms. The third-order valence-electron chi connectivity index (χ3n) is 9.52. The van der Waals surface area contributed by atoms with E-state index in [1.807, 2.05) is 4.90 Å². The molecule has 1 aromatic carbocycles. The van der Waals surface area contributed by atoms with E-state index in [0.29, 0.717) is 25.3 Å². The highest BCUT2D eigenvalue weighted by Gasteiger charge is 2.50. The summed E-state index contributed by atoms with van der Waals surface area (Å²) in [6.45, 7) is 8.52. The van der Waals surface area contributed by atoms with E-state index in [4.69, 9.17) is 0 Å². The van der Waals surface area contributed by atoms with E-state index in [1.54, 1.807) is 11.0 Å². The monoisotopic (exact) mass is 628 g/mol. The zero-order chi connectivity index (χ0) is 32.2. The van der Waals surface area contributed by atoms with Crippen LogP contribution in [0.5, 0.6) is 0 Å². The van der Waals surface area contributed by atoms with Gasteiger partial charge in [-0.1, -0.05) is 12.6 Å². The number of piperidine rings is 1. The Kier molecular flexibility index (Phi) is 8.09. The Hall–Kier alpha value is -4.00. The molecule has 0 bridgehead atoms. The van der Waals surface area contributed by atoms with Gasteiger partial charge in [-0.3, -0.25) is 24.2 Å². The molecule has 240 valence electrons. The summed E-state index contributed by atoms with van der Waals surface area (Å²) in [6, 6.07) is 5.35. The first-order valence-electron chi connectivity index (χ1n) is 15.2. The van der Waals surface area contributed by atoms with Crippen molar-refractivity contribution in [1.82, 2.24) is 14.8 Å². The fourth-order valence-electron chi connectivity index (χ4n) is 7.31. The van der Waals surface area contributed by atoms with Crippen LogP contribution in [0.1, 0.15) is 30.5 Å². The van der Waals surface area contributed by atoms with Gasteiger partial charge in [0, 0.05) is 63.8 Å². The van der Waals surface area contributed by atoms with E-state index in [0.717, 1.165) is 43.0 Å². The van der Waals surface area contributed by atoms with Gasteiger partial charge < -0.3 is 14.7 Å². The van der Waals surface area contributed by atoms with Crippen molar-refractivity contribution >= 4 is 34.9 Å². The second-order valence-electron chi connectivity index (χ2n) is 12.5. The summed E-state index contributed by atoms with van der Waals surface area (Å²) in [4.78, 5) is 52.1. The number of likely N-dealkylation sites (N-methyl/N-ethyl adjacent to an activating group) is 1. The van der Waals surface area contributed by atoms with Crippen LogP contribution in [0.15, 0.2) is 43.0 Å². The van der Waals surface area contributed by atoms with Crippen molar-refractivity contribution in [1.29, 1.82) is 0 Å². The van der Waals surface area contributed by atoms with Crippen LogP contribution in [0, 0.1) is 24.6 Å². The molecule has 4 aliphatic rings. The molecule has 0 saturated carbocycles. The second-order valence-corrected chi connectivity index (χ2v) is 12.5. The number of pyridine rings is 1. The van der Waals surface area contributed by atoms with Crippen LogP contribution in [0.4, 0.5) is 34.8 Å². The number of carbonyl (C=O) groups excluding carboxylic acids is 3. The number of para-hydroxylation sites is 1. The van der Waals surface area contributed by atoms with Crippen LogP contribution >= 0.6 is 0 Å². The van der Waals surface area contributed by atoms with E-state index < -0.39 is 41.3 Å². The molecule has 3 saturated heterocycles. The first-order valence-corrected chi connectivity index (χ1v) is 15.2. The van der Waals surface area contributed by atoms with Gasteiger partial charge in [-0.15, -0.1) is 0 Å². The van der Waals surface area contributed by atoms with Gasteiger partial charge in [0.25, 0.3) is 0 Å². The number of aryl methyl sites for hydroxylation is 1. The summed E-state index contributed by atoms with van der Waals surface area (Å²) in [5.41, 5.74) is -0.278. The number of nitrogens with zero attached hydrogens (tertiary/aromatic N) is 6. The van der Waals surface area contributed by atoms with Crippen molar-refractivity contribution in [3.05, 3.63) is 60.1 Å². The van der Waals surface area contributed by atoms with Crippen molar-refractivity contribution in [2.75, 3.05) is 61.0 Å². The summed E-state index contributed by atoms with van der Waals surface area (Å²) in [5.74, 6) is -2.28. The lowest BCUT2D eigenvalue weighted by atomic mass is 9.91. The molecule has 0 N–H and O–H groups in total. The predicted molar refractivity (Wildman–Crippen MR) is 160 cm³/mol. The summed E-state index contributed by atoms with van der Waals surface area (Å²) in [5, 5.41) is 0. The van der Waals surface area contributed by atoms with Gasteiger partial charge in [-0.2, -0.15) is 13.2 Å². The van der Waals surface area contributed by atoms with Gasteiger partial charge in [0.2, 0.25) is 17.7 Å². The maximum atomic E-state index is 15.6. The zero-order valence-electron chi connectivity index (χ0n) is 25.3. The molecule has 0 aliphatic carbocycles. The number of hydrogen-bond acceptors (Lipinski definition) is 6. The highest BCUT2D eigenvalue weighted by atomic mass is 19.4. The van der Waals surface area contributed by atoms with E-state index in [-0.39, 0.29) is 48.0 Å². The number of benzene rings is 1. The zero-order valence-corrected chi connectivity index (χ0v) is 25.3. The number of alkyl halides is 3. The van der Waals surface area contributed by atoms with Crippen molar-refractivity contribution in [3.63, 3.8) is 0 Å². The number of amides is 3. The fraction of sp³-hybridized carbons (Fsp3) is 0.500. The van der Waals surface area contributed by atoms with Gasteiger partial charge in [0.1, 0.15) is 17.7 Å². The molecular formula is C32H36F4N6O3. The number of anilines is 3. The SMILES string of the molecule is C=CC(=O)N1CC(N2CCC[C@@H](CN3C[C@H]4CC(=O)N(c5cc(C(F)(F)F)cc(C)n5)[C@@H]4C(=O)N(C)c4cccc(F)c43)C2)C1. The van der Waals surface area contributed by atoms with Crippen LogP contribution < -0.4 is 14.7 Å². The molecule has 9 nitrogen and oxygen atoms in total. The third-order valence-corrected chi connectivity index (χ3v) is 9.52. The smallest absolute Gasteiger partial charge is 0.367 e. The second kappa shape index (κ2) is 11.7. The molecule has 1 aromatic heterocycles. The number of rotatable bonds is 5. The topological polar surface area (TPSA) is 80.3 Å². The van der Waals surface area contributed by atoms with Gasteiger partial charge in [0.15, 0.2) is 0 Å². The van der Waals surface area contributed by atoms with Gasteiger partial charge in [-0.25, -0.2) is 9.37 Å². The average molecular weight is 629 g/mol. The van der Waals surface area contributed by atoms with Crippen molar-refractivity contribution in [3.8, 4) is 0 Å². The van der Waals surface area contributed by atoms with Crippen molar-refractivity contribution < 1.29 is 31.9 Å². The van der Waals surface area contributed by atoms with Crippen molar-refractivity contribution in [2.24, 2.45) is 11.8 Å². The Labute approximate surface area is 259 Å².